The van der Waals surface area contributed by atoms with Gasteiger partial charge in [-0.15, -0.1) is 0 Å². The molecule has 3 atom stereocenters. The topological polar surface area (TPSA) is 37.3 Å². The van der Waals surface area contributed by atoms with E-state index >= 15 is 0 Å². The van der Waals surface area contributed by atoms with Crippen molar-refractivity contribution in [2.24, 2.45) is 11.8 Å². The van der Waals surface area contributed by atoms with Gasteiger partial charge < -0.3 is 5.11 Å². The molecule has 2 aliphatic rings. The van der Waals surface area contributed by atoms with Gasteiger partial charge in [0.15, 0.2) is 11.6 Å². The zero-order valence-corrected chi connectivity index (χ0v) is 12.0. The van der Waals surface area contributed by atoms with Crippen LogP contribution in [-0.4, -0.2) is 17.3 Å². The highest BCUT2D eigenvalue weighted by molar-refractivity contribution is 5.72. The van der Waals surface area contributed by atoms with Crippen LogP contribution in [0.3, 0.4) is 0 Å². The van der Waals surface area contributed by atoms with E-state index in [4.69, 9.17) is 0 Å². The summed E-state index contributed by atoms with van der Waals surface area (Å²) < 4.78 is 66.5. The maximum Gasteiger partial charge on any atom is 0.391 e. The normalized spacial score (nSPS) is 28.1. The van der Waals surface area contributed by atoms with Gasteiger partial charge in [0.05, 0.1) is 11.8 Å². The molecule has 0 amide bonds. The van der Waals surface area contributed by atoms with Crippen LogP contribution < -0.4 is 0 Å². The molecule has 0 aromatic heterocycles. The fourth-order valence-corrected chi connectivity index (χ4v) is 3.61. The fourth-order valence-electron chi connectivity index (χ4n) is 3.61. The molecular formula is C16H15F5O2. The number of aliphatic carboxylic acids is 1. The lowest BCUT2D eigenvalue weighted by Gasteiger charge is -2.20. The molecule has 1 N–H and O–H groups in total. The molecule has 23 heavy (non-hydrogen) atoms. The number of benzene rings is 1. The number of alkyl halides is 3. The molecular weight excluding hydrogens is 319 g/mol. The van der Waals surface area contributed by atoms with Crippen molar-refractivity contribution in [2.75, 3.05) is 0 Å². The Morgan fingerprint density at radius 1 is 1.13 bits per heavy atom. The smallest absolute Gasteiger partial charge is 0.391 e. The summed E-state index contributed by atoms with van der Waals surface area (Å²) in [6.45, 7) is 0. The first-order valence-corrected chi connectivity index (χ1v) is 7.47. The van der Waals surface area contributed by atoms with Crippen LogP contribution >= 0.6 is 0 Å². The lowest BCUT2D eigenvalue weighted by Crippen LogP contribution is -2.21. The van der Waals surface area contributed by atoms with E-state index in [-0.39, 0.29) is 17.0 Å². The molecule has 0 saturated heterocycles. The first-order valence-electron chi connectivity index (χ1n) is 7.47. The Morgan fingerprint density at radius 3 is 2.30 bits per heavy atom. The minimum atomic E-state index is -4.49. The van der Waals surface area contributed by atoms with Crippen LogP contribution in [0.4, 0.5) is 22.0 Å². The molecule has 126 valence electrons. The number of carbonyl (C=O) groups is 1. The molecule has 0 radical (unpaired) electrons. The summed E-state index contributed by atoms with van der Waals surface area (Å²) in [6, 6.07) is 2.13. The van der Waals surface area contributed by atoms with E-state index in [1.807, 2.05) is 0 Å². The molecule has 2 nitrogen and oxygen atoms in total. The van der Waals surface area contributed by atoms with Crippen LogP contribution in [-0.2, 0) is 4.79 Å². The largest absolute Gasteiger partial charge is 0.481 e. The van der Waals surface area contributed by atoms with Crippen LogP contribution in [0.15, 0.2) is 12.1 Å². The Morgan fingerprint density at radius 2 is 1.78 bits per heavy atom. The third kappa shape index (κ3) is 2.93. The van der Waals surface area contributed by atoms with Gasteiger partial charge in [-0.2, -0.15) is 13.2 Å². The van der Waals surface area contributed by atoms with Crippen molar-refractivity contribution < 1.29 is 31.9 Å². The molecule has 0 aliphatic heterocycles. The van der Waals surface area contributed by atoms with E-state index in [1.54, 1.807) is 0 Å². The van der Waals surface area contributed by atoms with Crippen LogP contribution in [0.1, 0.15) is 48.6 Å². The van der Waals surface area contributed by atoms with Crippen molar-refractivity contribution in [1.82, 2.24) is 0 Å². The van der Waals surface area contributed by atoms with E-state index in [1.165, 1.54) is 6.07 Å². The summed E-state index contributed by atoms with van der Waals surface area (Å²) in [5.74, 6) is -7.55. The molecule has 1 aromatic rings. The minimum Gasteiger partial charge on any atom is -0.481 e. The SMILES string of the molecule is O=C(O)[C@@H]1C[C@@H](C(F)(F)F)C[C@H]1c1ccc(F)c(F)c1C1CC1. The zero-order chi connectivity index (χ0) is 16.9. The average molecular weight is 334 g/mol. The predicted molar refractivity (Wildman–Crippen MR) is 71.0 cm³/mol. The average Bonchev–Trinajstić information content (AvgIpc) is 3.16. The van der Waals surface area contributed by atoms with E-state index in [0.717, 1.165) is 6.07 Å². The van der Waals surface area contributed by atoms with Gasteiger partial charge in [0.25, 0.3) is 0 Å². The van der Waals surface area contributed by atoms with E-state index < -0.39 is 54.4 Å². The van der Waals surface area contributed by atoms with Crippen molar-refractivity contribution in [3.63, 3.8) is 0 Å². The number of halogens is 5. The molecule has 7 heteroatoms. The lowest BCUT2D eigenvalue weighted by atomic mass is 9.84. The van der Waals surface area contributed by atoms with E-state index in [9.17, 15) is 31.9 Å². The second-order valence-corrected chi connectivity index (χ2v) is 6.40. The van der Waals surface area contributed by atoms with Crippen molar-refractivity contribution >= 4 is 5.97 Å². The second kappa shape index (κ2) is 5.46. The monoisotopic (exact) mass is 334 g/mol. The first-order chi connectivity index (χ1) is 10.7. The Balaban J connectivity index is 2.03. The Hall–Kier alpha value is -1.66. The highest BCUT2D eigenvalue weighted by atomic mass is 19.4. The summed E-state index contributed by atoms with van der Waals surface area (Å²) >= 11 is 0. The van der Waals surface area contributed by atoms with Crippen LogP contribution in [0.25, 0.3) is 0 Å². The van der Waals surface area contributed by atoms with Gasteiger partial charge in [0, 0.05) is 0 Å². The van der Waals surface area contributed by atoms with E-state index in [0.29, 0.717) is 12.8 Å². The summed E-state index contributed by atoms with van der Waals surface area (Å²) in [7, 11) is 0. The molecule has 0 heterocycles. The van der Waals surface area contributed by atoms with Gasteiger partial charge in [-0.05, 0) is 54.7 Å². The maximum atomic E-state index is 14.1. The first kappa shape index (κ1) is 16.2. The number of rotatable bonds is 3. The van der Waals surface area contributed by atoms with Crippen molar-refractivity contribution in [1.29, 1.82) is 0 Å². The molecule has 3 rings (SSSR count). The third-order valence-electron chi connectivity index (χ3n) is 4.89. The van der Waals surface area contributed by atoms with Crippen molar-refractivity contribution in [3.8, 4) is 0 Å². The summed E-state index contributed by atoms with van der Waals surface area (Å²) in [5.41, 5.74) is 0.301. The van der Waals surface area contributed by atoms with Crippen LogP contribution in [0.2, 0.25) is 0 Å². The number of carboxylic acid groups (broad SMARTS) is 1. The van der Waals surface area contributed by atoms with Crippen molar-refractivity contribution in [3.05, 3.63) is 34.9 Å². The maximum absolute atomic E-state index is 14.1. The Kier molecular flexibility index (Phi) is 3.84. The number of hydrogen-bond acceptors (Lipinski definition) is 1. The van der Waals surface area contributed by atoms with Gasteiger partial charge in [-0.1, -0.05) is 6.07 Å². The van der Waals surface area contributed by atoms with E-state index in [2.05, 4.69) is 0 Å². The van der Waals surface area contributed by atoms with Crippen molar-refractivity contribution in [2.45, 2.75) is 43.7 Å². The lowest BCUT2D eigenvalue weighted by molar-refractivity contribution is -0.174. The quantitative estimate of drug-likeness (QED) is 0.821. The highest BCUT2D eigenvalue weighted by Crippen LogP contribution is 2.53. The summed E-state index contributed by atoms with van der Waals surface area (Å²) in [5, 5.41) is 9.26. The molecule has 0 bridgehead atoms. The Bertz CT molecular complexity index is 636. The van der Waals surface area contributed by atoms with Gasteiger partial charge >= 0.3 is 12.1 Å². The predicted octanol–water partition coefficient (Wildman–Crippen LogP) is 4.60. The molecule has 2 aliphatic carbocycles. The molecule has 2 saturated carbocycles. The molecule has 0 spiro atoms. The van der Waals surface area contributed by atoms with Crippen LogP contribution in [0.5, 0.6) is 0 Å². The summed E-state index contributed by atoms with van der Waals surface area (Å²) in [6.07, 6.45) is -4.13. The van der Waals surface area contributed by atoms with Gasteiger partial charge in [-0.3, -0.25) is 4.79 Å². The zero-order valence-electron chi connectivity index (χ0n) is 12.0. The second-order valence-electron chi connectivity index (χ2n) is 6.40. The van der Waals surface area contributed by atoms with Gasteiger partial charge in [0.2, 0.25) is 0 Å². The summed E-state index contributed by atoms with van der Waals surface area (Å²) in [4.78, 5) is 11.4. The molecule has 1 aromatic carbocycles. The fraction of sp³-hybridized carbons (Fsp3) is 0.562. The van der Waals surface area contributed by atoms with Gasteiger partial charge in [0.1, 0.15) is 0 Å². The molecule has 0 unspecified atom stereocenters. The molecule has 2 fully saturated rings. The number of carboxylic acids is 1. The minimum absolute atomic E-state index is 0.0732. The Labute approximate surface area is 129 Å². The number of hydrogen-bond donors (Lipinski definition) is 1. The highest BCUT2D eigenvalue weighted by Gasteiger charge is 2.51. The standard InChI is InChI=1S/C16H15F5O2/c17-12-4-3-9(13(14(12)18)7-1-2-7)10-5-8(16(19,20)21)6-11(10)15(22)23/h3-4,7-8,10-11H,1-2,5-6H2,(H,22,23)/t8-,10-,11+/m0/s1. The van der Waals surface area contributed by atoms with Crippen LogP contribution in [0, 0.1) is 23.5 Å². The van der Waals surface area contributed by atoms with Gasteiger partial charge in [-0.25, -0.2) is 8.78 Å². The third-order valence-corrected chi connectivity index (χ3v) is 4.89.